The fraction of sp³-hybridized carbons (Fsp3) is 0.367. The summed E-state index contributed by atoms with van der Waals surface area (Å²) in [6, 6.07) is 5.26. The number of aliphatic hydroxyl groups is 3. The number of ether oxygens (including phenoxy) is 3. The zero-order valence-electron chi connectivity index (χ0n) is 23.7. The molecule has 1 fully saturated rings. The predicted molar refractivity (Wildman–Crippen MR) is 149 cm³/mol. The second-order valence-electron chi connectivity index (χ2n) is 10.8. The van der Waals surface area contributed by atoms with E-state index in [2.05, 4.69) is 0 Å². The maximum Gasteiger partial charge on any atom is 0.255 e. The molecule has 1 amide bonds. The first kappa shape index (κ1) is 29.0. The van der Waals surface area contributed by atoms with Crippen LogP contribution >= 0.6 is 0 Å². The van der Waals surface area contributed by atoms with Crippen molar-refractivity contribution in [2.75, 3.05) is 35.4 Å². The third-order valence-electron chi connectivity index (χ3n) is 8.60. The fourth-order valence-corrected chi connectivity index (χ4v) is 6.81. The highest BCUT2D eigenvalue weighted by atomic mass is 16.5. The van der Waals surface area contributed by atoms with E-state index in [0.717, 1.165) is 0 Å². The average Bonchev–Trinajstić information content (AvgIpc) is 2.93. The van der Waals surface area contributed by atoms with Gasteiger partial charge in [-0.3, -0.25) is 19.3 Å². The lowest BCUT2D eigenvalue weighted by Crippen LogP contribution is -2.65. The number of rotatable bonds is 6. The van der Waals surface area contributed by atoms with E-state index in [9.17, 15) is 34.8 Å². The molecule has 42 heavy (non-hydrogen) atoms. The van der Waals surface area contributed by atoms with Gasteiger partial charge < -0.3 is 40.4 Å². The molecular weight excluding hydrogens is 548 g/mol. The highest BCUT2D eigenvalue weighted by molar-refractivity contribution is 6.24. The smallest absolute Gasteiger partial charge is 0.255 e. The highest BCUT2D eigenvalue weighted by Crippen LogP contribution is 2.55. The Balaban J connectivity index is 1.75. The van der Waals surface area contributed by atoms with E-state index in [1.54, 1.807) is 32.3 Å². The summed E-state index contributed by atoms with van der Waals surface area (Å²) in [5.74, 6) is -6.00. The minimum absolute atomic E-state index is 0.0239. The predicted octanol–water partition coefficient (Wildman–Crippen LogP) is 1.66. The molecule has 12 nitrogen and oxygen atoms in total. The minimum Gasteiger partial charge on any atom is -0.508 e. The molecule has 4 atom stereocenters. The fourth-order valence-electron chi connectivity index (χ4n) is 6.81. The van der Waals surface area contributed by atoms with Gasteiger partial charge in [0.2, 0.25) is 11.5 Å². The Morgan fingerprint density at radius 2 is 1.62 bits per heavy atom. The third kappa shape index (κ3) is 3.78. The molecule has 222 valence electrons. The van der Waals surface area contributed by atoms with Gasteiger partial charge in [0.05, 0.1) is 32.9 Å². The highest BCUT2D eigenvalue weighted by Gasteiger charge is 2.64. The van der Waals surface area contributed by atoms with Gasteiger partial charge in [-0.1, -0.05) is 6.07 Å². The SMILES string of the molecule is COc1ccc(-c2ccc(O)c3c2C[C@H]2C[C@H]4[C@H](N(C)C)C(=O)C(C(N)=O)=C(O)[C@@]4(O)C(=O)C2=C3O)c(OC)c1OC. The molecule has 2 aromatic carbocycles. The van der Waals surface area contributed by atoms with Crippen LogP contribution in [0.5, 0.6) is 23.0 Å². The summed E-state index contributed by atoms with van der Waals surface area (Å²) in [5, 5.41) is 45.2. The van der Waals surface area contributed by atoms with E-state index in [0.29, 0.717) is 33.9 Å². The van der Waals surface area contributed by atoms with Crippen molar-refractivity contribution in [3.63, 3.8) is 0 Å². The van der Waals surface area contributed by atoms with Gasteiger partial charge in [-0.15, -0.1) is 0 Å². The van der Waals surface area contributed by atoms with Crippen LogP contribution < -0.4 is 19.9 Å². The number of ketones is 2. The second-order valence-corrected chi connectivity index (χ2v) is 10.8. The molecule has 0 radical (unpaired) electrons. The number of nitrogens with two attached hydrogens (primary N) is 1. The molecule has 1 saturated carbocycles. The topological polar surface area (TPSA) is 189 Å². The summed E-state index contributed by atoms with van der Waals surface area (Å²) >= 11 is 0. The minimum atomic E-state index is -2.70. The quantitative estimate of drug-likeness (QED) is 0.313. The number of fused-ring (bicyclic) bond motifs is 3. The summed E-state index contributed by atoms with van der Waals surface area (Å²) in [5.41, 5.74) is 3.18. The molecule has 0 spiro atoms. The molecule has 0 heterocycles. The molecule has 3 aliphatic rings. The van der Waals surface area contributed by atoms with Gasteiger partial charge in [0.1, 0.15) is 22.8 Å². The third-order valence-corrected chi connectivity index (χ3v) is 8.60. The number of carbonyl (C=O) groups excluding carboxylic acids is 3. The van der Waals surface area contributed by atoms with Crippen LogP contribution in [0.25, 0.3) is 16.9 Å². The summed E-state index contributed by atoms with van der Waals surface area (Å²) < 4.78 is 16.6. The number of carbonyl (C=O) groups is 3. The van der Waals surface area contributed by atoms with Crippen LogP contribution in [0.4, 0.5) is 0 Å². The Hall–Kier alpha value is -4.55. The van der Waals surface area contributed by atoms with E-state index in [-0.39, 0.29) is 29.7 Å². The standard InChI is InChI=1S/C30H32N2O10/c1-32(2)22-16-11-12-10-15-13(14-7-9-18(40-3)26(42-5)25(14)41-4)6-8-17(33)20(15)23(34)19(12)27(36)30(16,39)28(37)21(24(22)35)29(31)38/h6-9,12,16,22,33-34,37,39H,10-11H2,1-5H3,(H2,31,38)/t12-,16-,22-,30-/m0/s1. The molecule has 5 rings (SSSR count). The number of phenolic OH excluding ortho intramolecular Hbond substituents is 1. The number of likely N-dealkylation sites (N-methyl/N-ethyl adjacent to an activating group) is 1. The average molecular weight is 581 g/mol. The van der Waals surface area contributed by atoms with Crippen LogP contribution in [0.2, 0.25) is 0 Å². The zero-order valence-corrected chi connectivity index (χ0v) is 23.7. The molecule has 3 aliphatic carbocycles. The van der Waals surface area contributed by atoms with Gasteiger partial charge in [0.25, 0.3) is 5.91 Å². The Kier molecular flexibility index (Phi) is 6.94. The molecule has 0 saturated heterocycles. The molecule has 12 heteroatoms. The number of hydrogen-bond donors (Lipinski definition) is 5. The van der Waals surface area contributed by atoms with Crippen LogP contribution in [0.3, 0.4) is 0 Å². The summed E-state index contributed by atoms with van der Waals surface area (Å²) in [4.78, 5) is 40.9. The van der Waals surface area contributed by atoms with Crippen molar-refractivity contribution in [1.82, 2.24) is 4.90 Å². The maximum atomic E-state index is 14.0. The monoisotopic (exact) mass is 580 g/mol. The summed E-state index contributed by atoms with van der Waals surface area (Å²) in [6.45, 7) is 0. The maximum absolute atomic E-state index is 14.0. The number of aliphatic hydroxyl groups excluding tert-OH is 2. The van der Waals surface area contributed by atoms with E-state index >= 15 is 0 Å². The van der Waals surface area contributed by atoms with Crippen molar-refractivity contribution >= 4 is 23.2 Å². The lowest BCUT2D eigenvalue weighted by molar-refractivity contribution is -0.153. The summed E-state index contributed by atoms with van der Waals surface area (Å²) in [7, 11) is 7.51. The van der Waals surface area contributed by atoms with Gasteiger partial charge in [-0.25, -0.2) is 0 Å². The zero-order chi connectivity index (χ0) is 30.8. The number of Topliss-reactive ketones (excluding diaryl/α,β-unsaturated/α-hetero) is 2. The first-order valence-corrected chi connectivity index (χ1v) is 13.1. The van der Waals surface area contributed by atoms with Crippen molar-refractivity contribution in [1.29, 1.82) is 0 Å². The van der Waals surface area contributed by atoms with Crippen LogP contribution in [0.1, 0.15) is 17.5 Å². The first-order chi connectivity index (χ1) is 19.8. The van der Waals surface area contributed by atoms with Crippen LogP contribution in [-0.2, 0) is 20.8 Å². The number of aromatic hydroxyl groups is 1. The van der Waals surface area contributed by atoms with Crippen LogP contribution in [0.15, 0.2) is 41.2 Å². The van der Waals surface area contributed by atoms with E-state index in [1.807, 2.05) is 0 Å². The Morgan fingerprint density at radius 3 is 2.19 bits per heavy atom. The van der Waals surface area contributed by atoms with Gasteiger partial charge in [0, 0.05) is 17.1 Å². The first-order valence-electron chi connectivity index (χ1n) is 13.1. The summed E-state index contributed by atoms with van der Waals surface area (Å²) in [6.07, 6.45) is 0.0969. The molecular formula is C30H32N2O10. The number of benzene rings is 2. The molecule has 0 bridgehead atoms. The van der Waals surface area contributed by atoms with Crippen LogP contribution in [-0.4, -0.2) is 89.9 Å². The van der Waals surface area contributed by atoms with Crippen LogP contribution in [0, 0.1) is 11.8 Å². The second kappa shape index (κ2) is 10.1. The van der Waals surface area contributed by atoms with E-state index in [1.165, 1.54) is 32.3 Å². The number of phenols is 1. The number of nitrogens with zero attached hydrogens (tertiary/aromatic N) is 1. The Bertz CT molecular complexity index is 1610. The normalized spacial score (nSPS) is 25.2. The van der Waals surface area contributed by atoms with Gasteiger partial charge >= 0.3 is 0 Å². The molecule has 2 aromatic rings. The van der Waals surface area contributed by atoms with Crippen molar-refractivity contribution in [2.45, 2.75) is 24.5 Å². The van der Waals surface area contributed by atoms with Crippen molar-refractivity contribution in [3.05, 3.63) is 52.3 Å². The van der Waals surface area contributed by atoms with Gasteiger partial charge in [0.15, 0.2) is 22.9 Å². The molecule has 6 N–H and O–H groups in total. The molecule has 0 aromatic heterocycles. The number of methoxy groups -OCH3 is 3. The Labute approximate surface area is 241 Å². The van der Waals surface area contributed by atoms with E-state index in [4.69, 9.17) is 19.9 Å². The number of primary amides is 1. The largest absolute Gasteiger partial charge is 0.508 e. The van der Waals surface area contributed by atoms with Crippen molar-refractivity contribution in [2.24, 2.45) is 17.6 Å². The van der Waals surface area contributed by atoms with Gasteiger partial charge in [-0.05, 0) is 62.2 Å². The lowest BCUT2D eigenvalue weighted by atomic mass is 9.57. The van der Waals surface area contributed by atoms with E-state index < -0.39 is 58.0 Å². The van der Waals surface area contributed by atoms with Crippen molar-refractivity contribution in [3.8, 4) is 34.1 Å². The number of amides is 1. The molecule has 0 unspecified atom stereocenters. The molecule has 0 aliphatic heterocycles. The van der Waals surface area contributed by atoms with Gasteiger partial charge in [-0.2, -0.15) is 0 Å². The number of hydrogen-bond acceptors (Lipinski definition) is 11. The van der Waals surface area contributed by atoms with Crippen molar-refractivity contribution < 1.29 is 49.0 Å². The Morgan fingerprint density at radius 1 is 0.976 bits per heavy atom. The lowest BCUT2D eigenvalue weighted by Gasteiger charge is -2.50.